The van der Waals surface area contributed by atoms with E-state index in [2.05, 4.69) is 37.4 Å². The predicted octanol–water partition coefficient (Wildman–Crippen LogP) is 1.80. The summed E-state index contributed by atoms with van der Waals surface area (Å²) in [5.74, 6) is 2.65. The summed E-state index contributed by atoms with van der Waals surface area (Å²) in [6, 6.07) is 0.802. The number of hydrogen-bond donors (Lipinski definition) is 1. The van der Waals surface area contributed by atoms with Gasteiger partial charge in [0.15, 0.2) is 0 Å². The van der Waals surface area contributed by atoms with Crippen LogP contribution in [-0.4, -0.2) is 42.1 Å². The molecule has 1 rings (SSSR count). The number of thioether (sulfide) groups is 1. The van der Waals surface area contributed by atoms with Crippen LogP contribution in [-0.2, 0) is 0 Å². The molecule has 0 aliphatic carbocycles. The minimum atomic E-state index is 0.267. The first-order valence-electron chi connectivity index (χ1n) is 5.61. The van der Waals surface area contributed by atoms with Crippen LogP contribution in [0, 0.1) is 5.41 Å². The minimum Gasteiger partial charge on any atom is -0.330 e. The second-order valence-corrected chi connectivity index (χ2v) is 6.10. The molecule has 1 unspecified atom stereocenters. The van der Waals surface area contributed by atoms with Crippen molar-refractivity contribution in [3.8, 4) is 0 Å². The van der Waals surface area contributed by atoms with E-state index in [0.717, 1.165) is 25.7 Å². The van der Waals surface area contributed by atoms with Gasteiger partial charge in [-0.2, -0.15) is 11.8 Å². The molecule has 2 N–H and O–H groups in total. The van der Waals surface area contributed by atoms with Crippen LogP contribution in [0.15, 0.2) is 0 Å². The molecule has 0 radical (unpaired) electrons. The normalized spacial score (nSPS) is 23.4. The highest BCUT2D eigenvalue weighted by atomic mass is 32.2. The third-order valence-corrected chi connectivity index (χ3v) is 4.16. The summed E-state index contributed by atoms with van der Waals surface area (Å²) in [7, 11) is 0. The molecule has 0 spiro atoms. The lowest BCUT2D eigenvalue weighted by molar-refractivity contribution is 0.150. The highest BCUT2D eigenvalue weighted by molar-refractivity contribution is 7.99. The average Bonchev–Trinajstić information content (AvgIpc) is 2.67. The van der Waals surface area contributed by atoms with Crippen LogP contribution in [0.3, 0.4) is 0 Å². The van der Waals surface area contributed by atoms with Crippen molar-refractivity contribution in [1.29, 1.82) is 0 Å². The molecule has 1 fully saturated rings. The predicted molar refractivity (Wildman–Crippen MR) is 65.8 cm³/mol. The molecular formula is C11H24N2S. The largest absolute Gasteiger partial charge is 0.330 e. The van der Waals surface area contributed by atoms with Gasteiger partial charge in [0.1, 0.15) is 0 Å². The molecule has 0 saturated carbocycles. The van der Waals surface area contributed by atoms with E-state index >= 15 is 0 Å². The van der Waals surface area contributed by atoms with Gasteiger partial charge in [0.2, 0.25) is 0 Å². The van der Waals surface area contributed by atoms with Gasteiger partial charge in [-0.05, 0) is 30.7 Å². The molecule has 0 aromatic heterocycles. The van der Waals surface area contributed by atoms with Crippen molar-refractivity contribution < 1.29 is 0 Å². The van der Waals surface area contributed by atoms with Gasteiger partial charge in [-0.25, -0.2) is 0 Å². The molecule has 84 valence electrons. The molecule has 2 nitrogen and oxygen atoms in total. The van der Waals surface area contributed by atoms with Gasteiger partial charge in [-0.15, -0.1) is 0 Å². The Kier molecular flexibility index (Phi) is 4.74. The highest BCUT2D eigenvalue weighted by Gasteiger charge is 2.26. The summed E-state index contributed by atoms with van der Waals surface area (Å²) >= 11 is 2.09. The average molecular weight is 216 g/mol. The second-order valence-electron chi connectivity index (χ2n) is 4.95. The van der Waals surface area contributed by atoms with Crippen LogP contribution in [0.4, 0.5) is 0 Å². The first-order chi connectivity index (χ1) is 6.59. The smallest absolute Gasteiger partial charge is 0.0194 e. The quantitative estimate of drug-likeness (QED) is 0.760. The fourth-order valence-electron chi connectivity index (χ4n) is 1.92. The highest BCUT2D eigenvalue weighted by Crippen LogP contribution is 2.25. The monoisotopic (exact) mass is 216 g/mol. The van der Waals surface area contributed by atoms with Gasteiger partial charge in [0.25, 0.3) is 0 Å². The Bertz CT molecular complexity index is 165. The Morgan fingerprint density at radius 1 is 1.50 bits per heavy atom. The molecule has 0 aromatic carbocycles. The van der Waals surface area contributed by atoms with Gasteiger partial charge in [-0.1, -0.05) is 20.8 Å². The maximum Gasteiger partial charge on any atom is 0.0194 e. The van der Waals surface area contributed by atoms with Crippen LogP contribution < -0.4 is 5.73 Å². The molecular weight excluding hydrogens is 192 g/mol. The van der Waals surface area contributed by atoms with E-state index in [4.69, 9.17) is 5.73 Å². The molecule has 0 aromatic rings. The maximum absolute atomic E-state index is 5.78. The van der Waals surface area contributed by atoms with E-state index in [-0.39, 0.29) is 5.41 Å². The SMILES string of the molecule is CCN(CC(C)(C)CN)C1CCSC1. The van der Waals surface area contributed by atoms with Crippen LogP contribution in [0.5, 0.6) is 0 Å². The lowest BCUT2D eigenvalue weighted by Crippen LogP contribution is -2.44. The molecule has 1 saturated heterocycles. The summed E-state index contributed by atoms with van der Waals surface area (Å²) in [6.45, 7) is 9.87. The zero-order valence-corrected chi connectivity index (χ0v) is 10.6. The topological polar surface area (TPSA) is 29.3 Å². The fourth-order valence-corrected chi connectivity index (χ4v) is 3.18. The number of nitrogens with two attached hydrogens (primary N) is 1. The van der Waals surface area contributed by atoms with Crippen molar-refractivity contribution in [2.75, 3.05) is 31.1 Å². The second kappa shape index (κ2) is 5.38. The maximum atomic E-state index is 5.78. The third kappa shape index (κ3) is 3.44. The van der Waals surface area contributed by atoms with Crippen molar-refractivity contribution in [3.05, 3.63) is 0 Å². The van der Waals surface area contributed by atoms with Crippen molar-refractivity contribution in [2.45, 2.75) is 33.2 Å². The van der Waals surface area contributed by atoms with Crippen LogP contribution in [0.2, 0.25) is 0 Å². The van der Waals surface area contributed by atoms with Crippen LogP contribution >= 0.6 is 11.8 Å². The molecule has 3 heteroatoms. The number of hydrogen-bond acceptors (Lipinski definition) is 3. The van der Waals surface area contributed by atoms with Crippen molar-refractivity contribution in [2.24, 2.45) is 11.1 Å². The lowest BCUT2D eigenvalue weighted by atomic mass is 9.92. The summed E-state index contributed by atoms with van der Waals surface area (Å²) in [4.78, 5) is 2.60. The number of rotatable bonds is 5. The lowest BCUT2D eigenvalue weighted by Gasteiger charge is -2.34. The van der Waals surface area contributed by atoms with Gasteiger partial charge in [0.05, 0.1) is 0 Å². The zero-order chi connectivity index (χ0) is 10.6. The van der Waals surface area contributed by atoms with Crippen LogP contribution in [0.25, 0.3) is 0 Å². The fraction of sp³-hybridized carbons (Fsp3) is 1.00. The molecule has 1 heterocycles. The molecule has 1 aliphatic heterocycles. The van der Waals surface area contributed by atoms with Gasteiger partial charge >= 0.3 is 0 Å². The van der Waals surface area contributed by atoms with Gasteiger partial charge in [-0.3, -0.25) is 4.90 Å². The van der Waals surface area contributed by atoms with E-state index in [1.807, 2.05) is 0 Å². The molecule has 0 amide bonds. The molecule has 0 bridgehead atoms. The van der Waals surface area contributed by atoms with Crippen LogP contribution in [0.1, 0.15) is 27.2 Å². The molecule has 14 heavy (non-hydrogen) atoms. The Morgan fingerprint density at radius 3 is 2.64 bits per heavy atom. The zero-order valence-electron chi connectivity index (χ0n) is 9.75. The van der Waals surface area contributed by atoms with Gasteiger partial charge in [0, 0.05) is 18.3 Å². The van der Waals surface area contributed by atoms with E-state index in [9.17, 15) is 0 Å². The van der Waals surface area contributed by atoms with Crippen molar-refractivity contribution in [1.82, 2.24) is 4.90 Å². The van der Waals surface area contributed by atoms with Crippen molar-refractivity contribution in [3.63, 3.8) is 0 Å². The van der Waals surface area contributed by atoms with Crippen molar-refractivity contribution >= 4 is 11.8 Å². The van der Waals surface area contributed by atoms with E-state index in [1.165, 1.54) is 17.9 Å². The summed E-state index contributed by atoms with van der Waals surface area (Å²) in [6.07, 6.45) is 1.36. The first kappa shape index (κ1) is 12.3. The summed E-state index contributed by atoms with van der Waals surface area (Å²) in [5, 5.41) is 0. The molecule has 1 aliphatic rings. The van der Waals surface area contributed by atoms with E-state index < -0.39 is 0 Å². The summed E-state index contributed by atoms with van der Waals surface area (Å²) in [5.41, 5.74) is 6.04. The minimum absolute atomic E-state index is 0.267. The Hall–Kier alpha value is 0.270. The standard InChI is InChI=1S/C11H24N2S/c1-4-13(9-11(2,3)8-12)10-5-6-14-7-10/h10H,4-9,12H2,1-3H3. The van der Waals surface area contributed by atoms with E-state index in [0.29, 0.717) is 0 Å². The first-order valence-corrected chi connectivity index (χ1v) is 6.76. The Labute approximate surface area is 92.6 Å². The van der Waals surface area contributed by atoms with E-state index in [1.54, 1.807) is 0 Å². The molecule has 1 atom stereocenters. The Balaban J connectivity index is 2.45. The third-order valence-electron chi connectivity index (χ3n) is 3.01. The number of nitrogens with zero attached hydrogens (tertiary/aromatic N) is 1. The summed E-state index contributed by atoms with van der Waals surface area (Å²) < 4.78 is 0. The Morgan fingerprint density at radius 2 is 2.21 bits per heavy atom. The van der Waals surface area contributed by atoms with Gasteiger partial charge < -0.3 is 5.73 Å².